The molecule has 0 unspecified atom stereocenters. The number of nitrogens with zero attached hydrogens (tertiary/aromatic N) is 3. The van der Waals surface area contributed by atoms with Crippen molar-refractivity contribution in [1.29, 1.82) is 0 Å². The molecule has 0 atom stereocenters. The zero-order valence-corrected chi connectivity index (χ0v) is 7.97. The number of hydrogen-bond donors (Lipinski definition) is 0. The van der Waals surface area contributed by atoms with Crippen LogP contribution in [0.15, 0.2) is 30.8 Å². The molecular formula is C10H11N3O. The van der Waals surface area contributed by atoms with Crippen LogP contribution in [0.25, 0.3) is 16.9 Å². The van der Waals surface area contributed by atoms with Crippen LogP contribution >= 0.6 is 0 Å². The van der Waals surface area contributed by atoms with Crippen molar-refractivity contribution in [3.8, 4) is 0 Å². The quantitative estimate of drug-likeness (QED) is 0.692. The van der Waals surface area contributed by atoms with E-state index in [4.69, 9.17) is 4.74 Å². The molecule has 1 aromatic heterocycles. The van der Waals surface area contributed by atoms with E-state index in [2.05, 4.69) is 16.8 Å². The van der Waals surface area contributed by atoms with Crippen LogP contribution in [0.2, 0.25) is 0 Å². The normalized spacial score (nSPS) is 10.4. The first-order valence-corrected chi connectivity index (χ1v) is 4.45. The molecule has 0 radical (unpaired) electrons. The standard InChI is InChI=1S/C10H11N3O/c1-3-14-8(2)13-11-9-6-4-5-7-10(9)12-13/h4-7H,2-3H2,1H3. The Morgan fingerprint density at radius 3 is 2.43 bits per heavy atom. The third-order valence-corrected chi connectivity index (χ3v) is 1.82. The molecule has 2 rings (SSSR count). The van der Waals surface area contributed by atoms with Gasteiger partial charge in [0.2, 0.25) is 5.88 Å². The van der Waals surface area contributed by atoms with Crippen molar-refractivity contribution >= 4 is 16.9 Å². The predicted octanol–water partition coefficient (Wildman–Crippen LogP) is 1.90. The van der Waals surface area contributed by atoms with Gasteiger partial charge in [-0.05, 0) is 25.6 Å². The molecule has 72 valence electrons. The van der Waals surface area contributed by atoms with Gasteiger partial charge in [0.05, 0.1) is 6.61 Å². The molecule has 0 fully saturated rings. The minimum Gasteiger partial charge on any atom is -0.477 e. The van der Waals surface area contributed by atoms with E-state index in [1.54, 1.807) is 0 Å². The molecule has 0 aliphatic carbocycles. The first kappa shape index (κ1) is 8.74. The number of aromatic nitrogens is 3. The first-order valence-electron chi connectivity index (χ1n) is 4.45. The number of hydrogen-bond acceptors (Lipinski definition) is 3. The third kappa shape index (κ3) is 1.46. The number of benzene rings is 1. The minimum atomic E-state index is 0.448. The SMILES string of the molecule is C=C(OCC)n1nc2ccccc2n1. The molecule has 0 saturated heterocycles. The minimum absolute atomic E-state index is 0.448. The van der Waals surface area contributed by atoms with E-state index in [9.17, 15) is 0 Å². The fourth-order valence-corrected chi connectivity index (χ4v) is 1.20. The molecule has 2 aromatic rings. The zero-order valence-electron chi connectivity index (χ0n) is 7.97. The summed E-state index contributed by atoms with van der Waals surface area (Å²) in [7, 11) is 0. The van der Waals surface area contributed by atoms with Crippen LogP contribution in [-0.2, 0) is 4.74 Å². The lowest BCUT2D eigenvalue weighted by atomic mass is 10.3. The first-order chi connectivity index (χ1) is 6.81. The summed E-state index contributed by atoms with van der Waals surface area (Å²) >= 11 is 0. The Labute approximate surface area is 81.8 Å². The zero-order chi connectivity index (χ0) is 9.97. The van der Waals surface area contributed by atoms with Crippen molar-refractivity contribution in [2.24, 2.45) is 0 Å². The molecule has 0 bridgehead atoms. The maximum Gasteiger partial charge on any atom is 0.225 e. The van der Waals surface area contributed by atoms with Gasteiger partial charge in [0.15, 0.2) is 0 Å². The monoisotopic (exact) mass is 189 g/mol. The van der Waals surface area contributed by atoms with Gasteiger partial charge in [0.1, 0.15) is 11.0 Å². The average Bonchev–Trinajstić information content (AvgIpc) is 2.61. The van der Waals surface area contributed by atoms with Gasteiger partial charge in [-0.25, -0.2) is 0 Å². The van der Waals surface area contributed by atoms with Crippen molar-refractivity contribution < 1.29 is 4.74 Å². The smallest absolute Gasteiger partial charge is 0.225 e. The molecule has 0 aliphatic heterocycles. The average molecular weight is 189 g/mol. The summed E-state index contributed by atoms with van der Waals surface area (Å²) in [5.41, 5.74) is 1.68. The Morgan fingerprint density at radius 2 is 1.93 bits per heavy atom. The van der Waals surface area contributed by atoms with Crippen LogP contribution in [0.4, 0.5) is 0 Å². The van der Waals surface area contributed by atoms with Crippen LogP contribution < -0.4 is 0 Å². The second kappa shape index (κ2) is 3.49. The van der Waals surface area contributed by atoms with Crippen molar-refractivity contribution in [2.45, 2.75) is 6.92 Å². The van der Waals surface area contributed by atoms with Gasteiger partial charge in [-0.15, -0.1) is 15.0 Å². The summed E-state index contributed by atoms with van der Waals surface area (Å²) < 4.78 is 5.20. The molecule has 0 saturated carbocycles. The molecule has 4 heteroatoms. The van der Waals surface area contributed by atoms with Crippen LogP contribution in [-0.4, -0.2) is 21.6 Å². The summed E-state index contributed by atoms with van der Waals surface area (Å²) in [4.78, 5) is 1.41. The summed E-state index contributed by atoms with van der Waals surface area (Å²) in [6.45, 7) is 6.19. The maximum absolute atomic E-state index is 5.20. The van der Waals surface area contributed by atoms with Crippen LogP contribution in [0, 0.1) is 0 Å². The molecule has 4 nitrogen and oxygen atoms in total. The molecule has 1 heterocycles. The highest BCUT2D eigenvalue weighted by Crippen LogP contribution is 2.09. The summed E-state index contributed by atoms with van der Waals surface area (Å²) in [6, 6.07) is 7.64. The Morgan fingerprint density at radius 1 is 1.36 bits per heavy atom. The molecule has 0 amide bonds. The highest BCUT2D eigenvalue weighted by atomic mass is 16.5. The van der Waals surface area contributed by atoms with Crippen molar-refractivity contribution in [1.82, 2.24) is 15.0 Å². The highest BCUT2D eigenvalue weighted by molar-refractivity contribution is 5.73. The van der Waals surface area contributed by atoms with E-state index in [1.165, 1.54) is 4.80 Å². The van der Waals surface area contributed by atoms with Crippen molar-refractivity contribution in [2.75, 3.05) is 6.61 Å². The van der Waals surface area contributed by atoms with E-state index in [1.807, 2.05) is 31.2 Å². The number of fused-ring (bicyclic) bond motifs is 1. The Hall–Kier alpha value is -1.84. The molecule has 0 spiro atoms. The number of ether oxygens (including phenoxy) is 1. The van der Waals surface area contributed by atoms with E-state index >= 15 is 0 Å². The lowest BCUT2D eigenvalue weighted by Gasteiger charge is -2.02. The summed E-state index contributed by atoms with van der Waals surface area (Å²) in [6.07, 6.45) is 0. The van der Waals surface area contributed by atoms with Gasteiger partial charge in [-0.2, -0.15) is 0 Å². The van der Waals surface area contributed by atoms with Gasteiger partial charge in [0.25, 0.3) is 0 Å². The van der Waals surface area contributed by atoms with Crippen LogP contribution in [0.3, 0.4) is 0 Å². The summed E-state index contributed by atoms with van der Waals surface area (Å²) in [5.74, 6) is 0.448. The van der Waals surface area contributed by atoms with Gasteiger partial charge < -0.3 is 4.74 Å². The lowest BCUT2D eigenvalue weighted by Crippen LogP contribution is -2.03. The molecule has 0 N–H and O–H groups in total. The van der Waals surface area contributed by atoms with Gasteiger partial charge in [-0.1, -0.05) is 12.1 Å². The van der Waals surface area contributed by atoms with Gasteiger partial charge in [-0.3, -0.25) is 0 Å². The lowest BCUT2D eigenvalue weighted by molar-refractivity contribution is 0.267. The van der Waals surface area contributed by atoms with Crippen LogP contribution in [0.1, 0.15) is 6.92 Å². The fraction of sp³-hybridized carbons (Fsp3) is 0.200. The van der Waals surface area contributed by atoms with Gasteiger partial charge >= 0.3 is 0 Å². The van der Waals surface area contributed by atoms with E-state index in [-0.39, 0.29) is 0 Å². The predicted molar refractivity (Wildman–Crippen MR) is 54.5 cm³/mol. The topological polar surface area (TPSA) is 39.9 Å². The molecule has 0 aliphatic rings. The second-order valence-corrected chi connectivity index (χ2v) is 2.80. The van der Waals surface area contributed by atoms with E-state index < -0.39 is 0 Å². The number of rotatable bonds is 3. The molecular weight excluding hydrogens is 178 g/mol. The van der Waals surface area contributed by atoms with Crippen LogP contribution in [0.5, 0.6) is 0 Å². The van der Waals surface area contributed by atoms with Gasteiger partial charge in [0, 0.05) is 0 Å². The molecule has 1 aromatic carbocycles. The Balaban J connectivity index is 2.40. The highest BCUT2D eigenvalue weighted by Gasteiger charge is 2.03. The molecule has 14 heavy (non-hydrogen) atoms. The van der Waals surface area contributed by atoms with Crippen molar-refractivity contribution in [3.05, 3.63) is 30.8 Å². The maximum atomic E-state index is 5.20. The largest absolute Gasteiger partial charge is 0.477 e. The summed E-state index contributed by atoms with van der Waals surface area (Å²) in [5, 5.41) is 8.42. The third-order valence-electron chi connectivity index (χ3n) is 1.82. The Kier molecular flexibility index (Phi) is 2.18. The second-order valence-electron chi connectivity index (χ2n) is 2.80. The van der Waals surface area contributed by atoms with E-state index in [0.717, 1.165) is 11.0 Å². The Bertz CT molecular complexity index is 428. The van der Waals surface area contributed by atoms with E-state index in [0.29, 0.717) is 12.5 Å². The van der Waals surface area contributed by atoms with Crippen molar-refractivity contribution in [3.63, 3.8) is 0 Å². The fourth-order valence-electron chi connectivity index (χ4n) is 1.20.